The van der Waals surface area contributed by atoms with Crippen molar-refractivity contribution < 1.29 is 9.53 Å². The lowest BCUT2D eigenvalue weighted by molar-refractivity contribution is -0.117. The van der Waals surface area contributed by atoms with Crippen LogP contribution >= 0.6 is 11.3 Å². The molecule has 1 heterocycles. The lowest BCUT2D eigenvalue weighted by atomic mass is 10.1. The van der Waals surface area contributed by atoms with Crippen LogP contribution < -0.4 is 15.4 Å². The molecule has 0 aliphatic heterocycles. The number of anilines is 3. The number of amides is 1. The zero-order valence-electron chi connectivity index (χ0n) is 17.2. The van der Waals surface area contributed by atoms with Crippen molar-refractivity contribution in [2.45, 2.75) is 20.4 Å². The van der Waals surface area contributed by atoms with Crippen molar-refractivity contribution in [2.75, 3.05) is 31.3 Å². The van der Waals surface area contributed by atoms with Gasteiger partial charge in [0.1, 0.15) is 5.75 Å². The lowest BCUT2D eigenvalue weighted by Gasteiger charge is -2.15. The Hall–Kier alpha value is -2.90. The van der Waals surface area contributed by atoms with Gasteiger partial charge in [-0.15, -0.1) is 11.3 Å². The van der Waals surface area contributed by atoms with E-state index in [1.807, 2.05) is 35.5 Å². The summed E-state index contributed by atoms with van der Waals surface area (Å²) in [5.74, 6) is 0.631. The van der Waals surface area contributed by atoms with Gasteiger partial charge >= 0.3 is 0 Å². The number of likely N-dealkylation sites (N-methyl/N-ethyl adjacent to an activating group) is 1. The van der Waals surface area contributed by atoms with Gasteiger partial charge in [-0.1, -0.05) is 12.1 Å². The summed E-state index contributed by atoms with van der Waals surface area (Å²) < 4.78 is 5.18. The molecule has 3 aromatic rings. The van der Waals surface area contributed by atoms with E-state index in [2.05, 4.69) is 47.7 Å². The van der Waals surface area contributed by atoms with Crippen LogP contribution in [0.4, 0.5) is 16.5 Å². The number of hydrogen-bond acceptors (Lipinski definition) is 6. The number of aromatic nitrogens is 1. The standard InChI is InChI=1S/C22H26N4O2S/c1-15-8-9-18(10-16(15)2)24-22-25-19(14-29-22)12-26(3)13-21(27)23-17-6-5-7-20(11-17)28-4/h5-11,14H,12-13H2,1-4H3,(H,23,27)(H,24,25). The first-order chi connectivity index (χ1) is 13.9. The Morgan fingerprint density at radius 2 is 1.97 bits per heavy atom. The van der Waals surface area contributed by atoms with Gasteiger partial charge in [-0.05, 0) is 56.3 Å². The van der Waals surface area contributed by atoms with Crippen molar-refractivity contribution in [3.8, 4) is 5.75 Å². The number of nitrogens with zero attached hydrogens (tertiary/aromatic N) is 2. The summed E-state index contributed by atoms with van der Waals surface area (Å²) >= 11 is 1.56. The Balaban J connectivity index is 1.52. The average molecular weight is 411 g/mol. The van der Waals surface area contributed by atoms with Gasteiger partial charge in [-0.3, -0.25) is 9.69 Å². The number of carbonyl (C=O) groups is 1. The minimum Gasteiger partial charge on any atom is -0.497 e. The Morgan fingerprint density at radius 1 is 1.14 bits per heavy atom. The molecule has 0 spiro atoms. The predicted molar refractivity (Wildman–Crippen MR) is 119 cm³/mol. The molecular formula is C22H26N4O2S. The van der Waals surface area contributed by atoms with E-state index in [0.717, 1.165) is 22.2 Å². The first kappa shape index (κ1) is 20.8. The van der Waals surface area contributed by atoms with Gasteiger partial charge in [-0.2, -0.15) is 0 Å². The third kappa shape index (κ3) is 6.04. The molecule has 29 heavy (non-hydrogen) atoms. The fourth-order valence-electron chi connectivity index (χ4n) is 2.86. The van der Waals surface area contributed by atoms with Crippen LogP contribution in [0.15, 0.2) is 47.8 Å². The summed E-state index contributed by atoms with van der Waals surface area (Å²) in [4.78, 5) is 18.9. The summed E-state index contributed by atoms with van der Waals surface area (Å²) in [6, 6.07) is 13.6. The number of aryl methyl sites for hydroxylation is 2. The quantitative estimate of drug-likeness (QED) is 0.569. The highest BCUT2D eigenvalue weighted by atomic mass is 32.1. The van der Waals surface area contributed by atoms with Crippen LogP contribution in [0.1, 0.15) is 16.8 Å². The van der Waals surface area contributed by atoms with Crippen molar-refractivity contribution in [1.82, 2.24) is 9.88 Å². The minimum absolute atomic E-state index is 0.0792. The fourth-order valence-corrected chi connectivity index (χ4v) is 3.58. The van der Waals surface area contributed by atoms with E-state index in [-0.39, 0.29) is 12.5 Å². The highest BCUT2D eigenvalue weighted by Gasteiger charge is 2.11. The molecular weight excluding hydrogens is 384 g/mol. The molecule has 0 saturated carbocycles. The van der Waals surface area contributed by atoms with Gasteiger partial charge in [0.05, 0.1) is 19.3 Å². The second-order valence-electron chi connectivity index (χ2n) is 7.02. The van der Waals surface area contributed by atoms with Crippen LogP contribution in [0.5, 0.6) is 5.75 Å². The van der Waals surface area contributed by atoms with Crippen LogP contribution in [-0.2, 0) is 11.3 Å². The van der Waals surface area contributed by atoms with E-state index in [9.17, 15) is 4.79 Å². The van der Waals surface area contributed by atoms with E-state index < -0.39 is 0 Å². The fraction of sp³-hybridized carbons (Fsp3) is 0.273. The van der Waals surface area contributed by atoms with Crippen molar-refractivity contribution in [2.24, 2.45) is 0 Å². The molecule has 0 saturated heterocycles. The van der Waals surface area contributed by atoms with Crippen LogP contribution in [0.25, 0.3) is 0 Å². The van der Waals surface area contributed by atoms with Gasteiger partial charge in [0, 0.05) is 29.4 Å². The molecule has 0 unspecified atom stereocenters. The molecule has 7 heteroatoms. The Bertz CT molecular complexity index is 986. The van der Waals surface area contributed by atoms with Gasteiger partial charge < -0.3 is 15.4 Å². The average Bonchev–Trinajstić information content (AvgIpc) is 3.11. The smallest absolute Gasteiger partial charge is 0.238 e. The molecule has 0 bridgehead atoms. The molecule has 3 rings (SSSR count). The highest BCUT2D eigenvalue weighted by Crippen LogP contribution is 2.23. The molecule has 2 aromatic carbocycles. The topological polar surface area (TPSA) is 66.5 Å². The van der Waals surface area contributed by atoms with E-state index >= 15 is 0 Å². The number of ether oxygens (including phenoxy) is 1. The monoisotopic (exact) mass is 410 g/mol. The number of thiazole rings is 1. The SMILES string of the molecule is COc1cccc(NC(=O)CN(C)Cc2csc(Nc3ccc(C)c(C)c3)n2)c1. The lowest BCUT2D eigenvalue weighted by Crippen LogP contribution is -2.29. The molecule has 0 atom stereocenters. The third-order valence-electron chi connectivity index (χ3n) is 4.51. The minimum atomic E-state index is -0.0792. The maximum atomic E-state index is 12.3. The molecule has 0 aliphatic carbocycles. The first-order valence-electron chi connectivity index (χ1n) is 9.34. The summed E-state index contributed by atoms with van der Waals surface area (Å²) in [6.45, 7) is 5.06. The van der Waals surface area contributed by atoms with E-state index in [1.54, 1.807) is 24.5 Å². The largest absolute Gasteiger partial charge is 0.497 e. The second kappa shape index (κ2) is 9.54. The molecule has 2 N–H and O–H groups in total. The molecule has 0 radical (unpaired) electrons. The molecule has 0 fully saturated rings. The number of rotatable bonds is 8. The van der Waals surface area contributed by atoms with Crippen molar-refractivity contribution >= 4 is 33.8 Å². The van der Waals surface area contributed by atoms with Crippen molar-refractivity contribution in [1.29, 1.82) is 0 Å². The summed E-state index contributed by atoms with van der Waals surface area (Å²) in [7, 11) is 3.51. The molecule has 1 aromatic heterocycles. The molecule has 152 valence electrons. The van der Waals surface area contributed by atoms with Crippen LogP contribution in [-0.4, -0.2) is 36.5 Å². The Labute approximate surface area is 175 Å². The number of hydrogen-bond donors (Lipinski definition) is 2. The maximum absolute atomic E-state index is 12.3. The van der Waals surface area contributed by atoms with Crippen LogP contribution in [0.3, 0.4) is 0 Å². The zero-order valence-corrected chi connectivity index (χ0v) is 18.0. The van der Waals surface area contributed by atoms with Crippen molar-refractivity contribution in [3.05, 3.63) is 64.7 Å². The van der Waals surface area contributed by atoms with Gasteiger partial charge in [0.2, 0.25) is 5.91 Å². The maximum Gasteiger partial charge on any atom is 0.238 e. The Kier molecular flexibility index (Phi) is 6.85. The second-order valence-corrected chi connectivity index (χ2v) is 7.88. The van der Waals surface area contributed by atoms with Crippen molar-refractivity contribution in [3.63, 3.8) is 0 Å². The summed E-state index contributed by atoms with van der Waals surface area (Å²) in [5.41, 5.74) is 5.19. The van der Waals surface area contributed by atoms with E-state index in [0.29, 0.717) is 12.3 Å². The third-order valence-corrected chi connectivity index (χ3v) is 5.32. The van der Waals surface area contributed by atoms with Crippen LogP contribution in [0, 0.1) is 13.8 Å². The van der Waals surface area contributed by atoms with Crippen LogP contribution in [0.2, 0.25) is 0 Å². The number of carbonyl (C=O) groups excluding carboxylic acids is 1. The van der Waals surface area contributed by atoms with E-state index in [4.69, 9.17) is 4.74 Å². The number of nitrogens with one attached hydrogen (secondary N) is 2. The summed E-state index contributed by atoms with van der Waals surface area (Å²) in [5, 5.41) is 9.10. The normalized spacial score (nSPS) is 10.8. The van der Waals surface area contributed by atoms with Gasteiger partial charge in [0.25, 0.3) is 0 Å². The predicted octanol–water partition coefficient (Wildman–Crippen LogP) is 4.58. The molecule has 1 amide bonds. The Morgan fingerprint density at radius 3 is 2.72 bits per heavy atom. The highest BCUT2D eigenvalue weighted by molar-refractivity contribution is 7.13. The zero-order chi connectivity index (χ0) is 20.8. The van der Waals surface area contributed by atoms with E-state index in [1.165, 1.54) is 11.1 Å². The summed E-state index contributed by atoms with van der Waals surface area (Å²) in [6.07, 6.45) is 0. The van der Waals surface area contributed by atoms with Gasteiger partial charge in [0.15, 0.2) is 5.13 Å². The molecule has 0 aliphatic rings. The number of methoxy groups -OCH3 is 1. The first-order valence-corrected chi connectivity index (χ1v) is 10.2. The molecule has 6 nitrogen and oxygen atoms in total. The van der Waals surface area contributed by atoms with Gasteiger partial charge in [-0.25, -0.2) is 4.98 Å². The number of benzene rings is 2.